The highest BCUT2D eigenvalue weighted by atomic mass is 35.5. The maximum Gasteiger partial charge on any atom is 0.289 e. The highest BCUT2D eigenvalue weighted by Gasteiger charge is 2.13. The summed E-state index contributed by atoms with van der Waals surface area (Å²) in [5.41, 5.74) is 0.877. The molecule has 114 valence electrons. The molecule has 0 fully saturated rings. The van der Waals surface area contributed by atoms with E-state index in [2.05, 4.69) is 10.3 Å². The summed E-state index contributed by atoms with van der Waals surface area (Å²) in [6, 6.07) is 10.1. The maximum absolute atomic E-state index is 12.9. The number of amidine groups is 1. The molecule has 0 heterocycles. The molecule has 0 saturated heterocycles. The average molecular weight is 340 g/mol. The lowest BCUT2D eigenvalue weighted by molar-refractivity contribution is -0.384. The Morgan fingerprint density at radius 2 is 2.00 bits per heavy atom. The SMILES string of the molecule is CSC(=Nc1ccc(F)cc1)Nc1ccc(Cl)c([N+](=O)[O-])c1. The quantitative estimate of drug-likeness (QED) is 0.375. The fourth-order valence-electron chi connectivity index (χ4n) is 1.61. The molecule has 0 aliphatic carbocycles. The van der Waals surface area contributed by atoms with Gasteiger partial charge in [-0.15, -0.1) is 0 Å². The minimum Gasteiger partial charge on any atom is -0.334 e. The normalized spacial score (nSPS) is 11.3. The van der Waals surface area contributed by atoms with Gasteiger partial charge in [-0.2, -0.15) is 0 Å². The summed E-state index contributed by atoms with van der Waals surface area (Å²) in [5.74, 6) is -0.342. The van der Waals surface area contributed by atoms with Crippen LogP contribution >= 0.6 is 23.4 Å². The molecule has 0 spiro atoms. The minimum absolute atomic E-state index is 0.0664. The lowest BCUT2D eigenvalue weighted by Crippen LogP contribution is -2.07. The van der Waals surface area contributed by atoms with Crippen molar-refractivity contribution in [1.29, 1.82) is 0 Å². The largest absolute Gasteiger partial charge is 0.334 e. The molecular weight excluding hydrogens is 329 g/mol. The number of nitro benzene ring substituents is 1. The van der Waals surface area contributed by atoms with E-state index >= 15 is 0 Å². The summed E-state index contributed by atoms with van der Waals surface area (Å²) in [5, 5.41) is 14.4. The van der Waals surface area contributed by atoms with Crippen molar-refractivity contribution in [1.82, 2.24) is 0 Å². The Labute approximate surface area is 135 Å². The lowest BCUT2D eigenvalue weighted by Gasteiger charge is -2.08. The first-order chi connectivity index (χ1) is 10.5. The molecular formula is C14H11ClFN3O2S. The summed E-state index contributed by atoms with van der Waals surface area (Å²) in [7, 11) is 0. The maximum atomic E-state index is 12.9. The fourth-order valence-corrected chi connectivity index (χ4v) is 2.21. The van der Waals surface area contributed by atoms with Crippen LogP contribution in [0.3, 0.4) is 0 Å². The highest BCUT2D eigenvalue weighted by Crippen LogP contribution is 2.28. The average Bonchev–Trinajstić information content (AvgIpc) is 2.50. The standard InChI is InChI=1S/C14H11ClFN3O2S/c1-22-14(17-10-4-2-9(16)3-5-10)18-11-6-7-12(15)13(8-11)19(20)21/h2-8H,1H3,(H,17,18). The topological polar surface area (TPSA) is 67.5 Å². The van der Waals surface area contributed by atoms with E-state index < -0.39 is 4.92 Å². The number of nitrogens with zero attached hydrogens (tertiary/aromatic N) is 2. The second-order valence-corrected chi connectivity index (χ2v) is 5.35. The third kappa shape index (κ3) is 4.19. The lowest BCUT2D eigenvalue weighted by atomic mass is 10.3. The van der Waals surface area contributed by atoms with Crippen LogP contribution in [0.5, 0.6) is 0 Å². The molecule has 22 heavy (non-hydrogen) atoms. The number of thioether (sulfide) groups is 1. The van der Waals surface area contributed by atoms with Crippen LogP contribution in [-0.2, 0) is 0 Å². The van der Waals surface area contributed by atoms with Crippen LogP contribution in [0.4, 0.5) is 21.5 Å². The first-order valence-electron chi connectivity index (χ1n) is 6.09. The Hall–Kier alpha value is -2.12. The van der Waals surface area contributed by atoms with Gasteiger partial charge in [0.2, 0.25) is 0 Å². The summed E-state index contributed by atoms with van der Waals surface area (Å²) >= 11 is 7.09. The van der Waals surface area contributed by atoms with Gasteiger partial charge in [-0.05, 0) is 42.7 Å². The van der Waals surface area contributed by atoms with Gasteiger partial charge < -0.3 is 5.32 Å². The van der Waals surface area contributed by atoms with Crippen LogP contribution < -0.4 is 5.32 Å². The van der Waals surface area contributed by atoms with Crippen molar-refractivity contribution in [2.24, 2.45) is 4.99 Å². The summed E-state index contributed by atoms with van der Waals surface area (Å²) < 4.78 is 12.9. The monoisotopic (exact) mass is 339 g/mol. The van der Waals surface area contributed by atoms with Gasteiger partial charge >= 0.3 is 0 Å². The molecule has 0 radical (unpaired) electrons. The van der Waals surface area contributed by atoms with Gasteiger partial charge in [0, 0.05) is 11.8 Å². The number of nitro groups is 1. The Morgan fingerprint density at radius 1 is 1.32 bits per heavy atom. The van der Waals surface area contributed by atoms with Gasteiger partial charge in [0.05, 0.1) is 10.6 Å². The summed E-state index contributed by atoms with van der Waals surface area (Å²) in [6.07, 6.45) is 1.81. The van der Waals surface area contributed by atoms with Gasteiger partial charge in [-0.25, -0.2) is 9.38 Å². The molecule has 0 saturated carbocycles. The number of benzene rings is 2. The van der Waals surface area contributed by atoms with E-state index in [4.69, 9.17) is 11.6 Å². The Kier molecular flexibility index (Phi) is 5.35. The number of hydrogen-bond acceptors (Lipinski definition) is 4. The van der Waals surface area contributed by atoms with Crippen LogP contribution in [-0.4, -0.2) is 16.3 Å². The van der Waals surface area contributed by atoms with E-state index in [-0.39, 0.29) is 16.5 Å². The number of rotatable bonds is 3. The molecule has 0 unspecified atom stereocenters. The third-order valence-corrected chi connectivity index (χ3v) is 3.54. The van der Waals surface area contributed by atoms with Gasteiger partial charge in [0.15, 0.2) is 5.17 Å². The molecule has 0 amide bonds. The zero-order chi connectivity index (χ0) is 16.1. The first kappa shape index (κ1) is 16.3. The van der Waals surface area contributed by atoms with Crippen molar-refractivity contribution >= 4 is 45.6 Å². The van der Waals surface area contributed by atoms with Crippen molar-refractivity contribution in [2.45, 2.75) is 0 Å². The van der Waals surface area contributed by atoms with E-state index in [1.54, 1.807) is 12.3 Å². The van der Waals surface area contributed by atoms with Crippen molar-refractivity contribution in [2.75, 3.05) is 11.6 Å². The van der Waals surface area contributed by atoms with E-state index in [9.17, 15) is 14.5 Å². The van der Waals surface area contributed by atoms with Gasteiger partial charge in [0.25, 0.3) is 5.69 Å². The van der Waals surface area contributed by atoms with E-state index in [1.165, 1.54) is 48.2 Å². The molecule has 5 nitrogen and oxygen atoms in total. The first-order valence-corrected chi connectivity index (χ1v) is 7.69. The zero-order valence-electron chi connectivity index (χ0n) is 11.4. The predicted molar refractivity (Wildman–Crippen MR) is 88.7 cm³/mol. The smallest absolute Gasteiger partial charge is 0.289 e. The molecule has 2 aromatic rings. The van der Waals surface area contributed by atoms with Crippen molar-refractivity contribution < 1.29 is 9.31 Å². The summed E-state index contributed by atoms with van der Waals surface area (Å²) in [6.45, 7) is 0. The molecule has 0 aromatic heterocycles. The molecule has 2 aromatic carbocycles. The molecule has 0 bridgehead atoms. The Bertz CT molecular complexity index is 723. The van der Waals surface area contributed by atoms with Gasteiger partial charge in [0.1, 0.15) is 10.8 Å². The molecule has 2 rings (SSSR count). The van der Waals surface area contributed by atoms with E-state index in [1.807, 2.05) is 0 Å². The number of aliphatic imine (C=N–C) groups is 1. The number of anilines is 1. The van der Waals surface area contributed by atoms with Crippen LogP contribution in [0, 0.1) is 15.9 Å². The molecule has 1 N–H and O–H groups in total. The van der Waals surface area contributed by atoms with Crippen LogP contribution in [0.2, 0.25) is 5.02 Å². The minimum atomic E-state index is -0.552. The van der Waals surface area contributed by atoms with Gasteiger partial charge in [-0.1, -0.05) is 23.4 Å². The molecule has 0 aliphatic rings. The van der Waals surface area contributed by atoms with E-state index in [0.717, 1.165) is 0 Å². The predicted octanol–water partition coefficient (Wildman–Crippen LogP) is 4.85. The van der Waals surface area contributed by atoms with Crippen LogP contribution in [0.1, 0.15) is 0 Å². The van der Waals surface area contributed by atoms with Crippen molar-refractivity contribution in [3.63, 3.8) is 0 Å². The zero-order valence-corrected chi connectivity index (χ0v) is 13.0. The number of hydrogen-bond donors (Lipinski definition) is 1. The second kappa shape index (κ2) is 7.24. The highest BCUT2D eigenvalue weighted by molar-refractivity contribution is 8.13. The Morgan fingerprint density at radius 3 is 2.59 bits per heavy atom. The van der Waals surface area contributed by atoms with Gasteiger partial charge in [-0.3, -0.25) is 10.1 Å². The van der Waals surface area contributed by atoms with Crippen molar-refractivity contribution in [3.05, 3.63) is 63.4 Å². The third-order valence-electron chi connectivity index (χ3n) is 2.64. The van der Waals surface area contributed by atoms with E-state index in [0.29, 0.717) is 16.5 Å². The van der Waals surface area contributed by atoms with Crippen LogP contribution in [0.15, 0.2) is 47.5 Å². The number of halogens is 2. The second-order valence-electron chi connectivity index (χ2n) is 4.15. The molecule has 0 atom stereocenters. The number of nitrogens with one attached hydrogen (secondary N) is 1. The molecule has 8 heteroatoms. The van der Waals surface area contributed by atoms with Crippen LogP contribution in [0.25, 0.3) is 0 Å². The summed E-state index contributed by atoms with van der Waals surface area (Å²) in [4.78, 5) is 14.6. The fraction of sp³-hybridized carbons (Fsp3) is 0.0714. The molecule has 0 aliphatic heterocycles. The Balaban J connectivity index is 2.25. The van der Waals surface area contributed by atoms with Crippen molar-refractivity contribution in [3.8, 4) is 0 Å².